The second kappa shape index (κ2) is 6.84. The van der Waals surface area contributed by atoms with E-state index in [0.29, 0.717) is 15.0 Å². The molecule has 0 N–H and O–H groups in total. The highest BCUT2D eigenvalue weighted by molar-refractivity contribution is 7.38. The monoisotopic (exact) mass is 400 g/mol. The van der Waals surface area contributed by atoms with Gasteiger partial charge in [-0.1, -0.05) is 26.8 Å². The molecule has 124 valence electrons. The number of aryl methyl sites for hydroxylation is 1. The first-order valence-electron chi connectivity index (χ1n) is 6.21. The molecular weight excluding hydrogens is 385 g/mol. The van der Waals surface area contributed by atoms with Gasteiger partial charge in [-0.15, -0.1) is 13.2 Å². The summed E-state index contributed by atoms with van der Waals surface area (Å²) in [4.78, 5) is 0.482. The van der Waals surface area contributed by atoms with Gasteiger partial charge in [-0.3, -0.25) is 0 Å². The molecule has 1 atom stereocenters. The lowest BCUT2D eigenvalue weighted by molar-refractivity contribution is -1.73. The SMILES string of the molecule is Cc1ccc2cc(C(C)(C)C)[s+](C(F)(F)F)c2c1.[O-][Br+2]([O-])[O-]. The van der Waals surface area contributed by atoms with Crippen molar-refractivity contribution >= 4 is 20.6 Å². The summed E-state index contributed by atoms with van der Waals surface area (Å²) in [5, 5.41) is 0.714. The van der Waals surface area contributed by atoms with Crippen LogP contribution in [0.4, 0.5) is 13.2 Å². The molecule has 2 aromatic rings. The van der Waals surface area contributed by atoms with Crippen LogP contribution in [-0.2, 0) is 10.9 Å². The molecule has 0 aliphatic rings. The van der Waals surface area contributed by atoms with Crippen LogP contribution in [0.1, 0.15) is 31.2 Å². The first-order chi connectivity index (χ1) is 9.84. The van der Waals surface area contributed by atoms with Crippen molar-refractivity contribution in [3.63, 3.8) is 0 Å². The van der Waals surface area contributed by atoms with E-state index in [9.17, 15) is 13.2 Å². The summed E-state index contributed by atoms with van der Waals surface area (Å²) in [5.74, 6) is 0. The van der Waals surface area contributed by atoms with Gasteiger partial charge in [0.2, 0.25) is 14.8 Å². The molecule has 0 aliphatic heterocycles. The molecule has 1 aromatic heterocycles. The van der Waals surface area contributed by atoms with E-state index in [4.69, 9.17) is 12.6 Å². The van der Waals surface area contributed by atoms with Gasteiger partial charge in [-0.2, -0.15) is 0 Å². The van der Waals surface area contributed by atoms with Crippen LogP contribution in [0.2, 0.25) is 0 Å². The number of hydrogen-bond acceptors (Lipinski definition) is 3. The average Bonchev–Trinajstić information content (AvgIpc) is 2.65. The largest absolute Gasteiger partial charge is 0.600 e. The molecule has 0 amide bonds. The molecule has 1 aromatic carbocycles. The van der Waals surface area contributed by atoms with E-state index in [0.717, 1.165) is 5.56 Å². The van der Waals surface area contributed by atoms with Gasteiger partial charge < -0.3 is 12.6 Å². The summed E-state index contributed by atoms with van der Waals surface area (Å²) in [7, 11) is -1.78. The van der Waals surface area contributed by atoms with Crippen LogP contribution in [0.3, 0.4) is 0 Å². The van der Waals surface area contributed by atoms with E-state index in [1.54, 1.807) is 18.2 Å². The van der Waals surface area contributed by atoms with Gasteiger partial charge in [0.25, 0.3) is 0 Å². The van der Waals surface area contributed by atoms with Gasteiger partial charge in [-0.05, 0) is 18.6 Å². The maximum absolute atomic E-state index is 13.3. The van der Waals surface area contributed by atoms with Gasteiger partial charge in [0.15, 0.2) is 9.58 Å². The van der Waals surface area contributed by atoms with Crippen LogP contribution < -0.4 is 12.6 Å². The van der Waals surface area contributed by atoms with Crippen molar-refractivity contribution in [2.24, 2.45) is 0 Å². The normalized spacial score (nSPS) is 13.3. The summed E-state index contributed by atoms with van der Waals surface area (Å²) < 4.78 is 66.0. The average molecular weight is 401 g/mol. The molecular formula is C14H16BrF3O3S. The predicted octanol–water partition coefficient (Wildman–Crippen LogP) is 2.10. The Kier molecular flexibility index (Phi) is 6.02. The fourth-order valence-corrected chi connectivity index (χ4v) is 4.29. The zero-order chi connectivity index (χ0) is 17.3. The zero-order valence-electron chi connectivity index (χ0n) is 12.5. The Morgan fingerprint density at radius 3 is 1.91 bits per heavy atom. The van der Waals surface area contributed by atoms with Crippen LogP contribution in [0.25, 0.3) is 10.1 Å². The second-order valence-corrected chi connectivity index (χ2v) is 8.49. The third-order valence-electron chi connectivity index (χ3n) is 2.87. The Hall–Kier alpha value is -0.670. The third kappa shape index (κ3) is 4.92. The van der Waals surface area contributed by atoms with Gasteiger partial charge in [-0.25, -0.2) is 0 Å². The standard InChI is InChI=1S/C14H16F3S.BrO3/c1-9-5-6-10-8-12(13(2,3)4)18(11(10)7-9)14(15,16)17;2-1(3)4/h5-8H,1-4H3;/q+1;-1. The van der Waals surface area contributed by atoms with Gasteiger partial charge in [0, 0.05) is 22.9 Å². The summed E-state index contributed by atoms with van der Waals surface area (Å²) in [6.07, 6.45) is 0. The molecule has 0 aliphatic carbocycles. The number of rotatable bonds is 0. The Morgan fingerprint density at radius 2 is 1.50 bits per heavy atom. The molecule has 22 heavy (non-hydrogen) atoms. The molecule has 0 radical (unpaired) electrons. The van der Waals surface area contributed by atoms with Crippen LogP contribution >= 0.6 is 10.5 Å². The van der Waals surface area contributed by atoms with E-state index in [1.165, 1.54) is 0 Å². The van der Waals surface area contributed by atoms with E-state index in [1.807, 2.05) is 33.8 Å². The number of thiophene rings is 1. The van der Waals surface area contributed by atoms with Crippen molar-refractivity contribution in [3.05, 3.63) is 34.7 Å². The fraction of sp³-hybridized carbons (Fsp3) is 0.429. The highest BCUT2D eigenvalue weighted by Gasteiger charge is 2.50. The van der Waals surface area contributed by atoms with Gasteiger partial charge >= 0.3 is 5.51 Å². The van der Waals surface area contributed by atoms with Gasteiger partial charge in [0.1, 0.15) is 0 Å². The van der Waals surface area contributed by atoms with E-state index in [-0.39, 0.29) is 0 Å². The smallest absolute Gasteiger partial charge is 0.405 e. The molecule has 1 unspecified atom stereocenters. The number of halogens is 4. The number of fused-ring (bicyclic) bond motifs is 1. The molecule has 0 saturated heterocycles. The van der Waals surface area contributed by atoms with Crippen molar-refractivity contribution in [1.82, 2.24) is 0 Å². The van der Waals surface area contributed by atoms with Crippen LogP contribution in [0, 0.1) is 21.7 Å². The Morgan fingerprint density at radius 1 is 1.00 bits per heavy atom. The molecule has 0 fully saturated rings. The number of benzene rings is 1. The molecule has 0 spiro atoms. The van der Waals surface area contributed by atoms with Crippen LogP contribution in [-0.4, -0.2) is 0 Å². The predicted molar refractivity (Wildman–Crippen MR) is 71.2 cm³/mol. The summed E-state index contributed by atoms with van der Waals surface area (Å²) >= 11 is -3.65. The van der Waals surface area contributed by atoms with Crippen molar-refractivity contribution in [1.29, 1.82) is 0 Å². The number of hydrogen-bond donors (Lipinski definition) is 0. The maximum atomic E-state index is 13.3. The lowest BCUT2D eigenvalue weighted by Crippen LogP contribution is -2.42. The highest BCUT2D eigenvalue weighted by Crippen LogP contribution is 2.54. The van der Waals surface area contributed by atoms with Crippen molar-refractivity contribution in [2.45, 2.75) is 38.6 Å². The molecule has 0 bridgehead atoms. The van der Waals surface area contributed by atoms with Crippen LogP contribution in [0.15, 0.2) is 24.3 Å². The molecule has 8 heteroatoms. The minimum atomic E-state index is -4.20. The minimum Gasteiger partial charge on any atom is -0.405 e. The molecule has 0 saturated carbocycles. The quantitative estimate of drug-likeness (QED) is 0.635. The zero-order valence-corrected chi connectivity index (χ0v) is 14.9. The van der Waals surface area contributed by atoms with Crippen LogP contribution in [0.5, 0.6) is 0 Å². The molecule has 2 rings (SSSR count). The Labute approximate surface area is 134 Å². The second-order valence-electron chi connectivity index (χ2n) is 5.74. The first kappa shape index (κ1) is 19.4. The van der Waals surface area contributed by atoms with E-state index in [2.05, 4.69) is 0 Å². The Bertz CT molecular complexity index is 642. The van der Waals surface area contributed by atoms with Crippen molar-refractivity contribution in [3.8, 4) is 0 Å². The lowest BCUT2D eigenvalue weighted by Gasteiger charge is -2.13. The molecule has 3 nitrogen and oxygen atoms in total. The van der Waals surface area contributed by atoms with E-state index >= 15 is 0 Å². The maximum Gasteiger partial charge on any atom is 0.600 e. The lowest BCUT2D eigenvalue weighted by atomic mass is 9.94. The van der Waals surface area contributed by atoms with E-state index < -0.39 is 36.2 Å². The van der Waals surface area contributed by atoms with Crippen molar-refractivity contribution < 1.29 is 40.6 Å². The minimum absolute atomic E-state index is 0.424. The molecule has 1 heterocycles. The topological polar surface area (TPSA) is 69.2 Å². The highest BCUT2D eigenvalue weighted by atomic mass is 80.0. The summed E-state index contributed by atoms with van der Waals surface area (Å²) in [6.45, 7) is 7.34. The van der Waals surface area contributed by atoms with Crippen molar-refractivity contribution in [2.75, 3.05) is 0 Å². The Balaban J connectivity index is 0.000000541. The summed E-state index contributed by atoms with van der Waals surface area (Å²) in [6, 6.07) is 7.03. The first-order valence-corrected chi connectivity index (χ1v) is 9.37. The number of alkyl halides is 3. The third-order valence-corrected chi connectivity index (χ3v) is 5.29. The van der Waals surface area contributed by atoms with Gasteiger partial charge in [0.05, 0.1) is 10.5 Å². The fourth-order valence-electron chi connectivity index (χ4n) is 2.03. The summed E-state index contributed by atoms with van der Waals surface area (Å²) in [5.41, 5.74) is -3.79.